The van der Waals surface area contributed by atoms with Crippen LogP contribution in [0.3, 0.4) is 0 Å². The Morgan fingerprint density at radius 1 is 0.897 bits per heavy atom. The van der Waals surface area contributed by atoms with Crippen LogP contribution < -0.4 is 4.90 Å². The SMILES string of the molecule is O=C1/C(=C/c2ccc3[nH]ccc3c2)S/C(=N\c2ccccc2)N1c1ccccc1. The van der Waals surface area contributed by atoms with Gasteiger partial charge >= 0.3 is 0 Å². The molecular weight excluding hydrogens is 378 g/mol. The Labute approximate surface area is 172 Å². The summed E-state index contributed by atoms with van der Waals surface area (Å²) in [5.41, 5.74) is 3.69. The molecule has 1 saturated heterocycles. The number of amidine groups is 1. The first-order chi connectivity index (χ1) is 14.3. The molecule has 0 unspecified atom stereocenters. The molecule has 1 aromatic heterocycles. The molecule has 2 heterocycles. The normalized spacial score (nSPS) is 17.0. The molecule has 1 N–H and O–H groups in total. The van der Waals surface area contributed by atoms with Crippen LogP contribution >= 0.6 is 11.8 Å². The van der Waals surface area contributed by atoms with Crippen LogP contribution in [-0.2, 0) is 4.79 Å². The number of carbonyl (C=O) groups excluding carboxylic acids is 1. The fourth-order valence-corrected chi connectivity index (χ4v) is 4.28. The Hall–Kier alpha value is -3.57. The summed E-state index contributed by atoms with van der Waals surface area (Å²) in [7, 11) is 0. The van der Waals surface area contributed by atoms with E-state index in [2.05, 4.69) is 11.1 Å². The second-order valence-corrected chi connectivity index (χ2v) is 7.65. The quantitative estimate of drug-likeness (QED) is 0.434. The molecule has 3 aromatic carbocycles. The summed E-state index contributed by atoms with van der Waals surface area (Å²) in [5, 5.41) is 1.77. The van der Waals surface area contributed by atoms with Crippen molar-refractivity contribution in [3.05, 3.63) is 102 Å². The van der Waals surface area contributed by atoms with E-state index in [9.17, 15) is 4.79 Å². The van der Waals surface area contributed by atoms with Gasteiger partial charge < -0.3 is 4.98 Å². The van der Waals surface area contributed by atoms with Gasteiger partial charge in [0, 0.05) is 11.7 Å². The van der Waals surface area contributed by atoms with Crippen LogP contribution in [0, 0.1) is 0 Å². The molecule has 1 fully saturated rings. The molecule has 0 saturated carbocycles. The number of para-hydroxylation sites is 2. The summed E-state index contributed by atoms with van der Waals surface area (Å²) in [6.07, 6.45) is 3.85. The molecule has 0 radical (unpaired) electrons. The molecule has 29 heavy (non-hydrogen) atoms. The van der Waals surface area contributed by atoms with Gasteiger partial charge in [-0.1, -0.05) is 42.5 Å². The van der Waals surface area contributed by atoms with E-state index in [4.69, 9.17) is 4.99 Å². The first kappa shape index (κ1) is 17.5. The minimum Gasteiger partial charge on any atom is -0.361 e. The van der Waals surface area contributed by atoms with Gasteiger partial charge in [0.15, 0.2) is 5.17 Å². The number of anilines is 1. The highest BCUT2D eigenvalue weighted by atomic mass is 32.2. The van der Waals surface area contributed by atoms with Crippen LogP contribution in [0.5, 0.6) is 0 Å². The Bertz CT molecular complexity index is 1240. The number of hydrogen-bond donors (Lipinski definition) is 1. The van der Waals surface area contributed by atoms with Crippen LogP contribution in [-0.4, -0.2) is 16.1 Å². The van der Waals surface area contributed by atoms with Crippen molar-refractivity contribution >= 4 is 51.2 Å². The van der Waals surface area contributed by atoms with Crippen molar-refractivity contribution in [3.8, 4) is 0 Å². The molecule has 0 aliphatic carbocycles. The zero-order valence-corrected chi connectivity index (χ0v) is 16.3. The third kappa shape index (κ3) is 3.48. The molecular formula is C24H17N3OS. The van der Waals surface area contributed by atoms with E-state index in [-0.39, 0.29) is 5.91 Å². The first-order valence-corrected chi connectivity index (χ1v) is 10.1. The minimum absolute atomic E-state index is 0.0648. The molecule has 5 rings (SSSR count). The van der Waals surface area contributed by atoms with Gasteiger partial charge in [-0.05, 0) is 71.3 Å². The molecule has 140 valence electrons. The zero-order valence-electron chi connectivity index (χ0n) is 15.4. The number of aromatic amines is 1. The summed E-state index contributed by atoms with van der Waals surface area (Å²) in [6.45, 7) is 0. The predicted octanol–water partition coefficient (Wildman–Crippen LogP) is 5.98. The lowest BCUT2D eigenvalue weighted by atomic mass is 10.1. The largest absolute Gasteiger partial charge is 0.361 e. The van der Waals surface area contributed by atoms with Gasteiger partial charge in [-0.2, -0.15) is 0 Å². The van der Waals surface area contributed by atoms with Gasteiger partial charge in [-0.15, -0.1) is 0 Å². The maximum atomic E-state index is 13.3. The molecule has 1 amide bonds. The number of amides is 1. The maximum absolute atomic E-state index is 13.3. The number of nitrogens with one attached hydrogen (secondary N) is 1. The summed E-state index contributed by atoms with van der Waals surface area (Å²) in [4.78, 5) is 23.5. The second-order valence-electron chi connectivity index (χ2n) is 6.64. The number of fused-ring (bicyclic) bond motifs is 1. The van der Waals surface area contributed by atoms with Gasteiger partial charge in [-0.3, -0.25) is 9.69 Å². The summed E-state index contributed by atoms with van der Waals surface area (Å²) in [6, 6.07) is 27.5. The Morgan fingerprint density at radius 2 is 1.66 bits per heavy atom. The summed E-state index contributed by atoms with van der Waals surface area (Å²) < 4.78 is 0. The van der Waals surface area contributed by atoms with Crippen molar-refractivity contribution in [1.29, 1.82) is 0 Å². The van der Waals surface area contributed by atoms with Gasteiger partial charge in [0.25, 0.3) is 5.91 Å². The number of nitrogens with zero attached hydrogens (tertiary/aromatic N) is 2. The smallest absolute Gasteiger partial charge is 0.271 e. The molecule has 0 spiro atoms. The average Bonchev–Trinajstić information content (AvgIpc) is 3.34. The van der Waals surface area contributed by atoms with Gasteiger partial charge in [-0.25, -0.2) is 4.99 Å². The standard InChI is InChI=1S/C24H17N3OS/c28-23-22(16-17-11-12-21-18(15-17)13-14-25-21)29-24(26-19-7-3-1-4-8-19)27(23)20-9-5-2-6-10-20/h1-16,25H/b22-16-,26-24-. The zero-order chi connectivity index (χ0) is 19.6. The number of aromatic nitrogens is 1. The van der Waals surface area contributed by atoms with Crippen molar-refractivity contribution in [3.63, 3.8) is 0 Å². The first-order valence-electron chi connectivity index (χ1n) is 9.28. The van der Waals surface area contributed by atoms with E-state index >= 15 is 0 Å². The topological polar surface area (TPSA) is 48.5 Å². The van der Waals surface area contributed by atoms with Crippen LogP contribution in [0.1, 0.15) is 5.56 Å². The third-order valence-corrected chi connectivity index (χ3v) is 5.65. The Morgan fingerprint density at radius 3 is 2.45 bits per heavy atom. The number of aliphatic imine (C=N–C) groups is 1. The van der Waals surface area contributed by atoms with Gasteiger partial charge in [0.05, 0.1) is 16.3 Å². The van der Waals surface area contributed by atoms with Crippen molar-refractivity contribution in [2.24, 2.45) is 4.99 Å². The Kier molecular flexibility index (Phi) is 4.50. The highest BCUT2D eigenvalue weighted by Gasteiger charge is 2.34. The van der Waals surface area contributed by atoms with Crippen LogP contribution in [0.2, 0.25) is 0 Å². The molecule has 0 atom stereocenters. The van der Waals surface area contributed by atoms with Crippen molar-refractivity contribution in [2.75, 3.05) is 4.90 Å². The van der Waals surface area contributed by atoms with Crippen LogP contribution in [0.4, 0.5) is 11.4 Å². The number of rotatable bonds is 3. The van der Waals surface area contributed by atoms with Gasteiger partial charge in [0.2, 0.25) is 0 Å². The molecule has 4 aromatic rings. The number of carbonyl (C=O) groups is 1. The highest BCUT2D eigenvalue weighted by molar-refractivity contribution is 8.19. The monoisotopic (exact) mass is 395 g/mol. The van der Waals surface area contributed by atoms with E-state index in [1.165, 1.54) is 11.8 Å². The number of H-pyrrole nitrogens is 1. The predicted molar refractivity (Wildman–Crippen MR) is 121 cm³/mol. The lowest BCUT2D eigenvalue weighted by Gasteiger charge is -2.15. The van der Waals surface area contributed by atoms with E-state index in [1.54, 1.807) is 4.90 Å². The molecule has 1 aliphatic rings. The molecule has 5 heteroatoms. The van der Waals surface area contributed by atoms with Gasteiger partial charge in [0.1, 0.15) is 0 Å². The fraction of sp³-hybridized carbons (Fsp3) is 0. The third-order valence-electron chi connectivity index (χ3n) is 4.68. The summed E-state index contributed by atoms with van der Waals surface area (Å²) >= 11 is 1.40. The van der Waals surface area contributed by atoms with Crippen molar-refractivity contribution < 1.29 is 4.79 Å². The fourth-order valence-electron chi connectivity index (χ4n) is 3.28. The lowest BCUT2D eigenvalue weighted by molar-refractivity contribution is -0.113. The highest BCUT2D eigenvalue weighted by Crippen LogP contribution is 2.37. The maximum Gasteiger partial charge on any atom is 0.271 e. The lowest BCUT2D eigenvalue weighted by Crippen LogP contribution is -2.28. The van der Waals surface area contributed by atoms with Crippen LogP contribution in [0.25, 0.3) is 17.0 Å². The molecule has 1 aliphatic heterocycles. The van der Waals surface area contributed by atoms with Crippen LogP contribution in [0.15, 0.2) is 101 Å². The van der Waals surface area contributed by atoms with E-state index in [0.717, 1.165) is 27.8 Å². The molecule has 4 nitrogen and oxygen atoms in total. The second kappa shape index (κ2) is 7.45. The van der Waals surface area contributed by atoms with E-state index in [1.807, 2.05) is 91.1 Å². The number of benzene rings is 3. The van der Waals surface area contributed by atoms with Crippen molar-refractivity contribution in [2.45, 2.75) is 0 Å². The number of hydrogen-bond acceptors (Lipinski definition) is 3. The average molecular weight is 395 g/mol. The molecule has 0 bridgehead atoms. The van der Waals surface area contributed by atoms with Crippen molar-refractivity contribution in [1.82, 2.24) is 4.98 Å². The summed E-state index contributed by atoms with van der Waals surface area (Å²) in [5.74, 6) is -0.0648. The Balaban J connectivity index is 1.57. The van der Waals surface area contributed by atoms with E-state index < -0.39 is 0 Å². The minimum atomic E-state index is -0.0648. The van der Waals surface area contributed by atoms with E-state index in [0.29, 0.717) is 10.1 Å². The number of thioether (sulfide) groups is 1.